The Morgan fingerprint density at radius 3 is 2.88 bits per heavy atom. The molecule has 0 saturated heterocycles. The standard InChI is InChI=1S/C13H22N4/c1-4-6-8-17-13-11(9-14-17)15-12(16-13)10(3)7-5-2/h9-10H,4-8H2,1-3H3,(H,15,16)/t10-/m0/s1. The number of aromatic amines is 1. The van der Waals surface area contributed by atoms with E-state index >= 15 is 0 Å². The summed E-state index contributed by atoms with van der Waals surface area (Å²) >= 11 is 0. The first-order chi connectivity index (χ1) is 8.26. The smallest absolute Gasteiger partial charge is 0.176 e. The minimum atomic E-state index is 0.507. The zero-order valence-corrected chi connectivity index (χ0v) is 11.0. The van der Waals surface area contributed by atoms with Crippen LogP contribution >= 0.6 is 0 Å². The van der Waals surface area contributed by atoms with E-state index in [9.17, 15) is 0 Å². The molecule has 0 aromatic carbocycles. The third-order valence-electron chi connectivity index (χ3n) is 3.21. The Balaban J connectivity index is 2.21. The first-order valence-electron chi connectivity index (χ1n) is 6.67. The average molecular weight is 234 g/mol. The molecule has 0 bridgehead atoms. The monoisotopic (exact) mass is 234 g/mol. The summed E-state index contributed by atoms with van der Waals surface area (Å²) in [5.41, 5.74) is 2.08. The number of unbranched alkanes of at least 4 members (excludes halogenated alkanes) is 1. The lowest BCUT2D eigenvalue weighted by molar-refractivity contribution is 0.580. The molecular formula is C13H22N4. The van der Waals surface area contributed by atoms with Crippen molar-refractivity contribution in [1.82, 2.24) is 19.7 Å². The summed E-state index contributed by atoms with van der Waals surface area (Å²) in [7, 11) is 0. The first kappa shape index (κ1) is 12.1. The molecule has 0 saturated carbocycles. The van der Waals surface area contributed by atoms with Crippen LogP contribution in [0.5, 0.6) is 0 Å². The number of aromatic nitrogens is 4. The number of rotatable bonds is 6. The molecule has 4 heteroatoms. The largest absolute Gasteiger partial charge is 0.339 e. The van der Waals surface area contributed by atoms with Gasteiger partial charge in [-0.3, -0.25) is 0 Å². The summed E-state index contributed by atoms with van der Waals surface area (Å²) in [6.45, 7) is 7.60. The van der Waals surface area contributed by atoms with E-state index in [0.717, 1.165) is 30.0 Å². The van der Waals surface area contributed by atoms with Gasteiger partial charge in [-0.05, 0) is 12.8 Å². The van der Waals surface area contributed by atoms with Gasteiger partial charge in [0.25, 0.3) is 0 Å². The van der Waals surface area contributed by atoms with Crippen molar-refractivity contribution in [2.45, 2.75) is 58.9 Å². The molecule has 0 fully saturated rings. The normalized spacial score (nSPS) is 13.4. The fourth-order valence-corrected chi connectivity index (χ4v) is 2.14. The minimum absolute atomic E-state index is 0.507. The summed E-state index contributed by atoms with van der Waals surface area (Å²) in [6.07, 6.45) is 6.60. The number of nitrogens with one attached hydrogen (secondary N) is 1. The molecule has 4 nitrogen and oxygen atoms in total. The molecule has 1 atom stereocenters. The Morgan fingerprint density at radius 1 is 1.35 bits per heavy atom. The molecule has 0 aliphatic carbocycles. The second-order valence-electron chi connectivity index (χ2n) is 4.77. The third-order valence-corrected chi connectivity index (χ3v) is 3.21. The number of fused-ring (bicyclic) bond motifs is 1. The highest BCUT2D eigenvalue weighted by Crippen LogP contribution is 2.21. The maximum Gasteiger partial charge on any atom is 0.176 e. The fourth-order valence-electron chi connectivity index (χ4n) is 2.14. The van der Waals surface area contributed by atoms with Crippen molar-refractivity contribution in [1.29, 1.82) is 0 Å². The van der Waals surface area contributed by atoms with E-state index in [2.05, 4.69) is 35.8 Å². The number of hydrogen-bond acceptors (Lipinski definition) is 2. The van der Waals surface area contributed by atoms with Crippen LogP contribution in [0.15, 0.2) is 6.20 Å². The van der Waals surface area contributed by atoms with E-state index in [1.54, 1.807) is 0 Å². The van der Waals surface area contributed by atoms with Gasteiger partial charge in [-0.1, -0.05) is 33.6 Å². The van der Waals surface area contributed by atoms with Crippen molar-refractivity contribution in [3.8, 4) is 0 Å². The lowest BCUT2D eigenvalue weighted by Crippen LogP contribution is -2.01. The number of hydrogen-bond donors (Lipinski definition) is 1. The van der Waals surface area contributed by atoms with Crippen molar-refractivity contribution < 1.29 is 0 Å². The van der Waals surface area contributed by atoms with Crippen LogP contribution in [-0.2, 0) is 6.54 Å². The molecule has 0 unspecified atom stereocenters. The zero-order chi connectivity index (χ0) is 12.3. The van der Waals surface area contributed by atoms with E-state index < -0.39 is 0 Å². The lowest BCUT2D eigenvalue weighted by Gasteiger charge is -2.05. The van der Waals surface area contributed by atoms with Crippen LogP contribution in [-0.4, -0.2) is 19.7 Å². The SMILES string of the molecule is CCCCn1ncc2[nH]c([C@@H](C)CCC)nc21. The van der Waals surface area contributed by atoms with Crippen LogP contribution in [0.3, 0.4) is 0 Å². The minimum Gasteiger partial charge on any atom is -0.339 e. The molecule has 0 radical (unpaired) electrons. The van der Waals surface area contributed by atoms with Gasteiger partial charge >= 0.3 is 0 Å². The van der Waals surface area contributed by atoms with E-state index in [4.69, 9.17) is 0 Å². The van der Waals surface area contributed by atoms with Crippen molar-refractivity contribution in [3.05, 3.63) is 12.0 Å². The predicted octanol–water partition coefficient (Wildman–Crippen LogP) is 3.46. The Morgan fingerprint density at radius 2 is 2.18 bits per heavy atom. The molecule has 2 heterocycles. The summed E-state index contributed by atoms with van der Waals surface area (Å²) in [4.78, 5) is 8.07. The highest BCUT2D eigenvalue weighted by molar-refractivity contribution is 5.70. The van der Waals surface area contributed by atoms with Gasteiger partial charge < -0.3 is 4.98 Å². The van der Waals surface area contributed by atoms with E-state index in [0.29, 0.717) is 5.92 Å². The second kappa shape index (κ2) is 5.34. The highest BCUT2D eigenvalue weighted by atomic mass is 15.3. The zero-order valence-electron chi connectivity index (χ0n) is 11.0. The third kappa shape index (κ3) is 2.51. The summed E-state index contributed by atoms with van der Waals surface area (Å²) < 4.78 is 2.01. The average Bonchev–Trinajstić information content (AvgIpc) is 2.87. The van der Waals surface area contributed by atoms with E-state index in [-0.39, 0.29) is 0 Å². The molecule has 2 aromatic rings. The van der Waals surface area contributed by atoms with Crippen molar-refractivity contribution in [2.24, 2.45) is 0 Å². The molecule has 2 aromatic heterocycles. The van der Waals surface area contributed by atoms with Crippen LogP contribution in [0.4, 0.5) is 0 Å². The van der Waals surface area contributed by atoms with Gasteiger partial charge in [-0.25, -0.2) is 9.67 Å². The van der Waals surface area contributed by atoms with Gasteiger partial charge in [-0.15, -0.1) is 0 Å². The molecule has 0 aliphatic rings. The number of nitrogens with zero attached hydrogens (tertiary/aromatic N) is 3. The molecule has 0 spiro atoms. The van der Waals surface area contributed by atoms with Crippen molar-refractivity contribution >= 4 is 11.2 Å². The van der Waals surface area contributed by atoms with Crippen molar-refractivity contribution in [3.63, 3.8) is 0 Å². The number of imidazole rings is 1. The van der Waals surface area contributed by atoms with Crippen LogP contribution in [0, 0.1) is 0 Å². The number of aryl methyl sites for hydroxylation is 1. The Bertz CT molecular complexity index is 469. The Labute approximate surface area is 102 Å². The van der Waals surface area contributed by atoms with Crippen LogP contribution in [0.2, 0.25) is 0 Å². The fraction of sp³-hybridized carbons (Fsp3) is 0.692. The Hall–Kier alpha value is -1.32. The maximum absolute atomic E-state index is 4.69. The first-order valence-corrected chi connectivity index (χ1v) is 6.67. The van der Waals surface area contributed by atoms with Gasteiger partial charge in [0.15, 0.2) is 5.65 Å². The molecule has 94 valence electrons. The maximum atomic E-state index is 4.69. The summed E-state index contributed by atoms with van der Waals surface area (Å²) in [6, 6.07) is 0. The highest BCUT2D eigenvalue weighted by Gasteiger charge is 2.13. The second-order valence-corrected chi connectivity index (χ2v) is 4.77. The van der Waals surface area contributed by atoms with Crippen molar-refractivity contribution in [2.75, 3.05) is 0 Å². The lowest BCUT2D eigenvalue weighted by atomic mass is 10.1. The summed E-state index contributed by atoms with van der Waals surface area (Å²) in [5, 5.41) is 4.36. The topological polar surface area (TPSA) is 46.5 Å². The van der Waals surface area contributed by atoms with Gasteiger partial charge in [0.2, 0.25) is 0 Å². The molecule has 0 amide bonds. The van der Waals surface area contributed by atoms with Crippen LogP contribution in [0.1, 0.15) is 58.2 Å². The van der Waals surface area contributed by atoms with E-state index in [1.165, 1.54) is 19.3 Å². The molecule has 17 heavy (non-hydrogen) atoms. The van der Waals surface area contributed by atoms with Gasteiger partial charge in [0, 0.05) is 12.5 Å². The summed E-state index contributed by atoms with van der Waals surface area (Å²) in [5.74, 6) is 1.61. The molecule has 1 N–H and O–H groups in total. The van der Waals surface area contributed by atoms with Crippen LogP contribution in [0.25, 0.3) is 11.2 Å². The van der Waals surface area contributed by atoms with Gasteiger partial charge in [0.05, 0.1) is 6.20 Å². The van der Waals surface area contributed by atoms with Gasteiger partial charge in [-0.2, -0.15) is 5.10 Å². The molecular weight excluding hydrogens is 212 g/mol. The molecule has 0 aliphatic heterocycles. The Kier molecular flexibility index (Phi) is 3.82. The molecule has 2 rings (SSSR count). The number of H-pyrrole nitrogens is 1. The van der Waals surface area contributed by atoms with Crippen LogP contribution < -0.4 is 0 Å². The van der Waals surface area contributed by atoms with Gasteiger partial charge in [0.1, 0.15) is 11.3 Å². The van der Waals surface area contributed by atoms with E-state index in [1.807, 2.05) is 10.9 Å². The predicted molar refractivity (Wildman–Crippen MR) is 70.1 cm³/mol. The quantitative estimate of drug-likeness (QED) is 0.832.